The summed E-state index contributed by atoms with van der Waals surface area (Å²) in [6.45, 7) is 3.44. The molecule has 2 N–H and O–H groups in total. The van der Waals surface area contributed by atoms with Gasteiger partial charge in [0, 0.05) is 39.5 Å². The van der Waals surface area contributed by atoms with Crippen LogP contribution in [0, 0.1) is 0 Å². The van der Waals surface area contributed by atoms with Gasteiger partial charge in [0.05, 0.1) is 6.67 Å². The van der Waals surface area contributed by atoms with Gasteiger partial charge in [-0.1, -0.05) is 6.58 Å². The number of amides is 2. The molecule has 128 valence electrons. The molecule has 0 spiro atoms. The molecular weight excluding hydrogens is 324 g/mol. The third-order valence-corrected chi connectivity index (χ3v) is 6.81. The smallest absolute Gasteiger partial charge is 0.377 e. The number of nitrogens with one attached hydrogen (secondary N) is 2. The van der Waals surface area contributed by atoms with Crippen molar-refractivity contribution in [3.8, 4) is 0 Å². The molecule has 0 aliphatic carbocycles. The number of carbonyl (C=O) groups is 2. The fraction of sp³-hybridized carbons (Fsp3) is 0.692. The van der Waals surface area contributed by atoms with E-state index >= 15 is 0 Å². The van der Waals surface area contributed by atoms with Gasteiger partial charge in [-0.05, 0) is 18.2 Å². The lowest BCUT2D eigenvalue weighted by Crippen LogP contribution is -2.42. The van der Waals surface area contributed by atoms with Gasteiger partial charge in [0.1, 0.15) is 0 Å². The van der Waals surface area contributed by atoms with E-state index in [2.05, 4.69) is 17.2 Å². The Bertz CT molecular complexity index is 345. The van der Waals surface area contributed by atoms with Gasteiger partial charge >= 0.3 is 8.80 Å². The minimum absolute atomic E-state index is 0.0914. The minimum atomic E-state index is -2.47. The number of hydrogen-bond acceptors (Lipinski definition) is 6. The molecule has 0 aromatic carbocycles. The Kier molecular flexibility index (Phi) is 12.1. The number of thioether (sulfide) groups is 1. The van der Waals surface area contributed by atoms with E-state index in [1.54, 1.807) is 33.1 Å². The van der Waals surface area contributed by atoms with E-state index in [1.165, 1.54) is 0 Å². The van der Waals surface area contributed by atoms with Gasteiger partial charge in [-0.25, -0.2) is 0 Å². The third-order valence-electron chi connectivity index (χ3n) is 2.91. The first kappa shape index (κ1) is 21.1. The van der Waals surface area contributed by atoms with Gasteiger partial charge in [-0.3, -0.25) is 9.59 Å². The van der Waals surface area contributed by atoms with Crippen molar-refractivity contribution in [2.45, 2.75) is 18.9 Å². The molecule has 9 heteroatoms. The average Bonchev–Trinajstić information content (AvgIpc) is 2.54. The first-order valence-electron chi connectivity index (χ1n) is 6.93. The summed E-state index contributed by atoms with van der Waals surface area (Å²) in [6.07, 6.45) is 2.48. The molecular formula is C13H26N2O5SSi. The number of carbonyl (C=O) groups excluding carboxylic acids is 2. The summed E-state index contributed by atoms with van der Waals surface area (Å²) >= 11 is 1.69. The van der Waals surface area contributed by atoms with Crippen molar-refractivity contribution in [3.63, 3.8) is 0 Å². The maximum Gasteiger partial charge on any atom is 0.500 e. The van der Waals surface area contributed by atoms with Crippen molar-refractivity contribution in [2.75, 3.05) is 39.5 Å². The van der Waals surface area contributed by atoms with Crippen molar-refractivity contribution in [1.29, 1.82) is 0 Å². The number of hydrogen-bond donors (Lipinski definition) is 2. The van der Waals surface area contributed by atoms with Crippen LogP contribution in [0.4, 0.5) is 0 Å². The molecule has 0 aromatic heterocycles. The quantitative estimate of drug-likeness (QED) is 0.221. The SMILES string of the molecule is C=CC(=O)NCNC(=O)CCSCCC[Si](OC)(OC)OC. The van der Waals surface area contributed by atoms with Crippen LogP contribution < -0.4 is 10.6 Å². The lowest BCUT2D eigenvalue weighted by molar-refractivity contribution is -0.121. The molecule has 0 atom stereocenters. The molecule has 0 saturated heterocycles. The van der Waals surface area contributed by atoms with E-state index in [-0.39, 0.29) is 18.5 Å². The second-order valence-electron chi connectivity index (χ2n) is 4.28. The van der Waals surface area contributed by atoms with Gasteiger partial charge in [0.25, 0.3) is 0 Å². The van der Waals surface area contributed by atoms with Crippen molar-refractivity contribution < 1.29 is 22.9 Å². The van der Waals surface area contributed by atoms with Crippen molar-refractivity contribution >= 4 is 32.4 Å². The minimum Gasteiger partial charge on any atom is -0.377 e. The summed E-state index contributed by atoms with van der Waals surface area (Å²) in [5.74, 6) is 1.23. The first-order chi connectivity index (χ1) is 10.5. The number of rotatable bonds is 13. The van der Waals surface area contributed by atoms with Crippen molar-refractivity contribution in [3.05, 3.63) is 12.7 Å². The topological polar surface area (TPSA) is 85.9 Å². The van der Waals surface area contributed by atoms with E-state index < -0.39 is 8.80 Å². The van der Waals surface area contributed by atoms with Crippen LogP contribution in [-0.4, -0.2) is 60.1 Å². The highest BCUT2D eigenvalue weighted by atomic mass is 32.2. The zero-order chi connectivity index (χ0) is 16.8. The van der Waals surface area contributed by atoms with Crippen molar-refractivity contribution in [2.24, 2.45) is 0 Å². The van der Waals surface area contributed by atoms with E-state index in [4.69, 9.17) is 13.3 Å². The maximum absolute atomic E-state index is 11.5. The summed E-state index contributed by atoms with van der Waals surface area (Å²) < 4.78 is 16.0. The summed E-state index contributed by atoms with van der Waals surface area (Å²) in [4.78, 5) is 22.4. The van der Waals surface area contributed by atoms with Crippen LogP contribution in [0.15, 0.2) is 12.7 Å². The fourth-order valence-corrected chi connectivity index (χ4v) is 4.47. The summed E-state index contributed by atoms with van der Waals surface area (Å²) in [6, 6.07) is 0.753. The zero-order valence-corrected chi connectivity index (χ0v) is 15.3. The second kappa shape index (κ2) is 12.6. The lowest BCUT2D eigenvalue weighted by Gasteiger charge is -2.24. The lowest BCUT2D eigenvalue weighted by atomic mass is 10.4. The van der Waals surface area contributed by atoms with Gasteiger partial charge in [0.15, 0.2) is 0 Å². The van der Waals surface area contributed by atoms with Gasteiger partial charge < -0.3 is 23.9 Å². The first-order valence-corrected chi connectivity index (χ1v) is 10.0. The summed E-state index contributed by atoms with van der Waals surface area (Å²) in [7, 11) is 2.32. The van der Waals surface area contributed by atoms with E-state index in [9.17, 15) is 9.59 Å². The molecule has 0 heterocycles. The molecule has 0 saturated carbocycles. The molecule has 0 radical (unpaired) electrons. The Labute approximate surface area is 137 Å². The van der Waals surface area contributed by atoms with Crippen LogP contribution in [-0.2, 0) is 22.9 Å². The van der Waals surface area contributed by atoms with E-state index in [0.29, 0.717) is 6.42 Å². The summed E-state index contributed by atoms with van der Waals surface area (Å²) in [5.41, 5.74) is 0. The molecule has 22 heavy (non-hydrogen) atoms. The summed E-state index contributed by atoms with van der Waals surface area (Å²) in [5, 5.41) is 5.08. The molecule has 0 fully saturated rings. The van der Waals surface area contributed by atoms with Crippen LogP contribution in [0.2, 0.25) is 6.04 Å². The van der Waals surface area contributed by atoms with Gasteiger partial charge in [0.2, 0.25) is 11.8 Å². The van der Waals surface area contributed by atoms with E-state index in [1.807, 2.05) is 0 Å². The maximum atomic E-state index is 11.5. The van der Waals surface area contributed by atoms with Crippen LogP contribution in [0.1, 0.15) is 12.8 Å². The van der Waals surface area contributed by atoms with Crippen LogP contribution in [0.3, 0.4) is 0 Å². The zero-order valence-electron chi connectivity index (χ0n) is 13.5. The molecule has 0 aliphatic heterocycles. The largest absolute Gasteiger partial charge is 0.500 e. The Morgan fingerprint density at radius 1 is 1.14 bits per heavy atom. The standard InChI is InChI=1S/C13H26N2O5SSi/c1-5-12(16)14-11-15-13(17)7-9-21-8-6-10-22(18-2,19-3)20-4/h5H,1,6-11H2,2-4H3,(H,14,16)(H,15,17). The molecule has 0 aliphatic rings. The third kappa shape index (κ3) is 9.21. The molecule has 7 nitrogen and oxygen atoms in total. The van der Waals surface area contributed by atoms with E-state index in [0.717, 1.165) is 30.0 Å². The van der Waals surface area contributed by atoms with Crippen molar-refractivity contribution in [1.82, 2.24) is 10.6 Å². The molecule has 0 bridgehead atoms. The van der Waals surface area contributed by atoms with Crippen LogP contribution in [0.5, 0.6) is 0 Å². The van der Waals surface area contributed by atoms with Crippen LogP contribution >= 0.6 is 11.8 Å². The molecule has 0 unspecified atom stereocenters. The second-order valence-corrected chi connectivity index (χ2v) is 8.60. The Morgan fingerprint density at radius 3 is 2.32 bits per heavy atom. The fourth-order valence-electron chi connectivity index (χ4n) is 1.60. The molecule has 0 aromatic rings. The Balaban J connectivity index is 3.62. The molecule has 0 rings (SSSR count). The highest BCUT2D eigenvalue weighted by molar-refractivity contribution is 7.99. The highest BCUT2D eigenvalue weighted by Crippen LogP contribution is 2.17. The van der Waals surface area contributed by atoms with Gasteiger partial charge in [-0.2, -0.15) is 11.8 Å². The predicted octanol–water partition coefficient (Wildman–Crippen LogP) is 0.754. The van der Waals surface area contributed by atoms with Gasteiger partial charge in [-0.15, -0.1) is 0 Å². The normalized spacial score (nSPS) is 11.0. The Hall–Kier alpha value is -0.873. The monoisotopic (exact) mass is 350 g/mol. The molecule has 2 amide bonds. The highest BCUT2D eigenvalue weighted by Gasteiger charge is 2.36. The average molecular weight is 351 g/mol. The predicted molar refractivity (Wildman–Crippen MR) is 89.5 cm³/mol. The Morgan fingerprint density at radius 2 is 1.77 bits per heavy atom. The van der Waals surface area contributed by atoms with Crippen LogP contribution in [0.25, 0.3) is 0 Å².